The van der Waals surface area contributed by atoms with Crippen molar-refractivity contribution in [2.45, 2.75) is 25.2 Å². The molecule has 0 aromatic heterocycles. The summed E-state index contributed by atoms with van der Waals surface area (Å²) in [6.45, 7) is 10.5. The van der Waals surface area contributed by atoms with Gasteiger partial charge in [0.25, 0.3) is 0 Å². The maximum atomic E-state index is 2.74. The summed E-state index contributed by atoms with van der Waals surface area (Å²) in [5, 5.41) is 0. The van der Waals surface area contributed by atoms with Crippen LogP contribution >= 0.6 is 0 Å². The molecule has 4 heteroatoms. The quantitative estimate of drug-likeness (QED) is 0.557. The SMILES string of the molecule is C1CN2CCN3CCCN4CCN(C1)[C@H]2[C@@H]34. The Morgan fingerprint density at radius 2 is 0.750 bits per heavy atom. The predicted octanol–water partition coefficient (Wildman–Crippen LogP) is -0.319. The van der Waals surface area contributed by atoms with Crippen molar-refractivity contribution < 1.29 is 0 Å². The molecule has 0 atom stereocenters. The molecular formula is C12H22N4. The highest BCUT2D eigenvalue weighted by atomic mass is 15.5. The summed E-state index contributed by atoms with van der Waals surface area (Å²) in [7, 11) is 0. The van der Waals surface area contributed by atoms with Gasteiger partial charge in [0.2, 0.25) is 0 Å². The zero-order chi connectivity index (χ0) is 10.5. The van der Waals surface area contributed by atoms with Gasteiger partial charge in [0, 0.05) is 52.4 Å². The van der Waals surface area contributed by atoms with Crippen LogP contribution in [0.5, 0.6) is 0 Å². The van der Waals surface area contributed by atoms with Gasteiger partial charge >= 0.3 is 0 Å². The van der Waals surface area contributed by atoms with Crippen molar-refractivity contribution in [2.24, 2.45) is 0 Å². The Hall–Kier alpha value is -0.160. The second-order valence-corrected chi connectivity index (χ2v) is 5.68. The molecule has 0 bridgehead atoms. The normalized spacial score (nSPS) is 42.0. The van der Waals surface area contributed by atoms with E-state index in [0.29, 0.717) is 0 Å². The highest BCUT2D eigenvalue weighted by molar-refractivity contribution is 4.99. The first-order valence-electron chi connectivity index (χ1n) is 6.90. The van der Waals surface area contributed by atoms with E-state index in [0.717, 1.165) is 12.3 Å². The summed E-state index contributed by atoms with van der Waals surface area (Å²) in [5.41, 5.74) is 0. The minimum Gasteiger partial charge on any atom is -0.284 e. The predicted molar refractivity (Wildman–Crippen MR) is 63.1 cm³/mol. The monoisotopic (exact) mass is 222 g/mol. The number of hydrogen-bond donors (Lipinski definition) is 0. The van der Waals surface area contributed by atoms with Crippen LogP contribution in [0.1, 0.15) is 12.8 Å². The van der Waals surface area contributed by atoms with Crippen LogP contribution in [0.2, 0.25) is 0 Å². The first kappa shape index (κ1) is 9.83. The van der Waals surface area contributed by atoms with Gasteiger partial charge in [-0.3, -0.25) is 19.6 Å². The van der Waals surface area contributed by atoms with Gasteiger partial charge in [0.05, 0.1) is 12.3 Å². The molecule has 0 amide bonds. The van der Waals surface area contributed by atoms with E-state index in [-0.39, 0.29) is 0 Å². The maximum absolute atomic E-state index is 2.74. The molecule has 4 aliphatic heterocycles. The molecule has 4 rings (SSSR count). The van der Waals surface area contributed by atoms with E-state index in [4.69, 9.17) is 0 Å². The molecule has 0 radical (unpaired) electrons. The van der Waals surface area contributed by atoms with Crippen LogP contribution in [0.15, 0.2) is 0 Å². The Balaban J connectivity index is 1.67. The number of hydrogen-bond acceptors (Lipinski definition) is 4. The Bertz CT molecular complexity index is 230. The average molecular weight is 222 g/mol. The molecule has 0 aromatic rings. The van der Waals surface area contributed by atoms with E-state index < -0.39 is 0 Å². The molecule has 90 valence electrons. The lowest BCUT2D eigenvalue weighted by Gasteiger charge is -2.61. The largest absolute Gasteiger partial charge is 0.284 e. The van der Waals surface area contributed by atoms with Gasteiger partial charge in [-0.2, -0.15) is 0 Å². The molecule has 4 heterocycles. The maximum Gasteiger partial charge on any atom is 0.0922 e. The molecule has 4 nitrogen and oxygen atoms in total. The van der Waals surface area contributed by atoms with Crippen LogP contribution in [-0.2, 0) is 0 Å². The average Bonchev–Trinajstić information content (AvgIpc) is 2.36. The van der Waals surface area contributed by atoms with Crippen LogP contribution in [0, 0.1) is 0 Å². The van der Waals surface area contributed by atoms with E-state index in [9.17, 15) is 0 Å². The summed E-state index contributed by atoms with van der Waals surface area (Å²) in [6.07, 6.45) is 4.19. The highest BCUT2D eigenvalue weighted by Crippen LogP contribution is 2.31. The van der Waals surface area contributed by atoms with Crippen molar-refractivity contribution in [3.05, 3.63) is 0 Å². The van der Waals surface area contributed by atoms with Gasteiger partial charge < -0.3 is 0 Å². The molecule has 0 saturated carbocycles. The van der Waals surface area contributed by atoms with E-state index in [1.807, 2.05) is 0 Å². The lowest BCUT2D eigenvalue weighted by atomic mass is 10.0. The third-order valence-corrected chi connectivity index (χ3v) is 4.89. The molecule has 0 N–H and O–H groups in total. The lowest BCUT2D eigenvalue weighted by molar-refractivity contribution is -0.179. The Kier molecular flexibility index (Phi) is 2.25. The fourth-order valence-electron chi connectivity index (χ4n) is 4.19. The van der Waals surface area contributed by atoms with Crippen molar-refractivity contribution in [3.8, 4) is 0 Å². The van der Waals surface area contributed by atoms with Gasteiger partial charge in [-0.25, -0.2) is 0 Å². The summed E-state index contributed by atoms with van der Waals surface area (Å²) in [5.74, 6) is 0. The van der Waals surface area contributed by atoms with Crippen LogP contribution in [0.4, 0.5) is 0 Å². The van der Waals surface area contributed by atoms with Gasteiger partial charge in [-0.05, 0) is 12.8 Å². The van der Waals surface area contributed by atoms with E-state index in [1.165, 1.54) is 65.2 Å². The Morgan fingerprint density at radius 3 is 1.06 bits per heavy atom. The molecule has 0 aromatic carbocycles. The van der Waals surface area contributed by atoms with Crippen molar-refractivity contribution in [1.29, 1.82) is 0 Å². The second-order valence-electron chi connectivity index (χ2n) is 5.68. The van der Waals surface area contributed by atoms with Crippen molar-refractivity contribution >= 4 is 0 Å². The first-order valence-corrected chi connectivity index (χ1v) is 6.90. The lowest BCUT2D eigenvalue weighted by Crippen LogP contribution is -2.77. The molecule has 4 fully saturated rings. The van der Waals surface area contributed by atoms with Crippen LogP contribution < -0.4 is 0 Å². The molecule has 0 aliphatic carbocycles. The fourth-order valence-corrected chi connectivity index (χ4v) is 4.19. The topological polar surface area (TPSA) is 13.0 Å². The summed E-state index contributed by atoms with van der Waals surface area (Å²) >= 11 is 0. The van der Waals surface area contributed by atoms with Gasteiger partial charge in [-0.1, -0.05) is 0 Å². The van der Waals surface area contributed by atoms with E-state index in [2.05, 4.69) is 19.6 Å². The molecule has 0 unspecified atom stereocenters. The van der Waals surface area contributed by atoms with E-state index >= 15 is 0 Å². The van der Waals surface area contributed by atoms with Gasteiger partial charge in [0.15, 0.2) is 0 Å². The van der Waals surface area contributed by atoms with Crippen LogP contribution in [0.3, 0.4) is 0 Å². The molecule has 0 spiro atoms. The highest BCUT2D eigenvalue weighted by Gasteiger charge is 2.47. The van der Waals surface area contributed by atoms with Gasteiger partial charge in [0.1, 0.15) is 0 Å². The summed E-state index contributed by atoms with van der Waals surface area (Å²) in [6, 6.07) is 0. The fraction of sp³-hybridized carbons (Fsp3) is 1.00. The zero-order valence-electron chi connectivity index (χ0n) is 10.0. The van der Waals surface area contributed by atoms with E-state index in [1.54, 1.807) is 0 Å². The summed E-state index contributed by atoms with van der Waals surface area (Å²) in [4.78, 5) is 11.0. The number of nitrogens with zero attached hydrogens (tertiary/aromatic N) is 4. The van der Waals surface area contributed by atoms with Crippen molar-refractivity contribution in [3.63, 3.8) is 0 Å². The smallest absolute Gasteiger partial charge is 0.0922 e. The number of rotatable bonds is 0. The summed E-state index contributed by atoms with van der Waals surface area (Å²) < 4.78 is 0. The minimum absolute atomic E-state index is 0.719. The molecule has 4 saturated heterocycles. The molecule has 4 aliphatic rings. The molecular weight excluding hydrogens is 200 g/mol. The minimum atomic E-state index is 0.719. The second kappa shape index (κ2) is 3.67. The van der Waals surface area contributed by atoms with Gasteiger partial charge in [-0.15, -0.1) is 0 Å². The Morgan fingerprint density at radius 1 is 0.438 bits per heavy atom. The molecule has 16 heavy (non-hydrogen) atoms. The third kappa shape index (κ3) is 1.30. The standard InChI is InChI=1S/C12H22N4/c1-3-13-7-9-15-5-2-6-16-10-8-14(4-1)11(13)12(15)16/h11-12H,1-10H2/t11-,12-. The van der Waals surface area contributed by atoms with Crippen LogP contribution in [0.25, 0.3) is 0 Å². The third-order valence-electron chi connectivity index (χ3n) is 4.89. The first-order chi connectivity index (χ1) is 7.93. The zero-order valence-corrected chi connectivity index (χ0v) is 10.0. The van der Waals surface area contributed by atoms with Crippen molar-refractivity contribution in [2.75, 3.05) is 52.4 Å². The van der Waals surface area contributed by atoms with Crippen LogP contribution in [-0.4, -0.2) is 84.3 Å². The number of piperazine rings is 2. The van der Waals surface area contributed by atoms with Crippen molar-refractivity contribution in [1.82, 2.24) is 19.6 Å². The Labute approximate surface area is 97.8 Å².